The molecule has 164 valence electrons. The Kier molecular flexibility index (Phi) is 7.15. The summed E-state index contributed by atoms with van der Waals surface area (Å²) in [4.78, 5) is 8.93. The molecule has 7 nitrogen and oxygen atoms in total. The highest BCUT2D eigenvalue weighted by atomic mass is 16.5. The van der Waals surface area contributed by atoms with E-state index in [-0.39, 0.29) is 5.92 Å². The van der Waals surface area contributed by atoms with Gasteiger partial charge in [0.25, 0.3) is 0 Å². The van der Waals surface area contributed by atoms with Crippen molar-refractivity contribution in [2.24, 2.45) is 0 Å². The number of nitrogens with one attached hydrogen (secondary N) is 1. The maximum Gasteiger partial charge on any atom is 0.232 e. The van der Waals surface area contributed by atoms with Crippen LogP contribution in [0, 0.1) is 11.3 Å². The van der Waals surface area contributed by atoms with Crippen molar-refractivity contribution < 1.29 is 13.9 Å². The monoisotopic (exact) mass is 430 g/mol. The molecule has 0 bridgehead atoms. The second kappa shape index (κ2) is 10.6. The Morgan fingerprint density at radius 3 is 2.84 bits per heavy atom. The van der Waals surface area contributed by atoms with E-state index < -0.39 is 0 Å². The molecule has 0 aliphatic heterocycles. The topological polar surface area (TPSA) is 93.2 Å². The molecule has 1 aliphatic carbocycles. The average molecular weight is 431 g/mol. The van der Waals surface area contributed by atoms with E-state index in [4.69, 9.17) is 19.2 Å². The van der Waals surface area contributed by atoms with Gasteiger partial charge in [-0.25, -0.2) is 9.97 Å². The molecule has 0 amide bonds. The van der Waals surface area contributed by atoms with E-state index in [1.807, 2.05) is 36.4 Å². The Morgan fingerprint density at radius 2 is 2.09 bits per heavy atom. The number of hydrogen-bond donors (Lipinski definition) is 1. The Bertz CT molecular complexity index is 1150. The maximum absolute atomic E-state index is 8.58. The van der Waals surface area contributed by atoms with Crippen LogP contribution in [0.5, 0.6) is 0 Å². The summed E-state index contributed by atoms with van der Waals surface area (Å²) < 4.78 is 17.1. The number of benzene rings is 1. The zero-order valence-electron chi connectivity index (χ0n) is 18.1. The van der Waals surface area contributed by atoms with Crippen molar-refractivity contribution in [3.05, 3.63) is 66.2 Å². The number of methoxy groups -OCH3 is 1. The summed E-state index contributed by atoms with van der Waals surface area (Å²) >= 11 is 0. The van der Waals surface area contributed by atoms with E-state index in [1.165, 1.54) is 6.33 Å². The van der Waals surface area contributed by atoms with Gasteiger partial charge < -0.3 is 19.2 Å². The molecular formula is C25H26N4O3. The molecule has 0 saturated heterocycles. The van der Waals surface area contributed by atoms with E-state index in [0.717, 1.165) is 46.7 Å². The summed E-state index contributed by atoms with van der Waals surface area (Å²) in [5, 5.41) is 12.9. The first-order valence-electron chi connectivity index (χ1n) is 10.8. The molecule has 1 atom stereocenters. The smallest absolute Gasteiger partial charge is 0.232 e. The minimum atomic E-state index is 0.117. The number of furan rings is 1. The summed E-state index contributed by atoms with van der Waals surface area (Å²) in [5.74, 6) is 2.54. The van der Waals surface area contributed by atoms with Gasteiger partial charge in [-0.3, -0.25) is 0 Å². The van der Waals surface area contributed by atoms with Crippen molar-refractivity contribution in [2.75, 3.05) is 32.2 Å². The van der Waals surface area contributed by atoms with E-state index >= 15 is 0 Å². The van der Waals surface area contributed by atoms with E-state index in [2.05, 4.69) is 33.5 Å². The SMILES string of the molecule is COC1=CCC(c2c(-c3ccccc3)oc3ncnc(NCCCOCCC#N)c23)C=C1. The first kappa shape index (κ1) is 21.6. The summed E-state index contributed by atoms with van der Waals surface area (Å²) in [7, 11) is 1.68. The molecule has 7 heteroatoms. The zero-order valence-corrected chi connectivity index (χ0v) is 18.1. The highest BCUT2D eigenvalue weighted by Gasteiger charge is 2.26. The number of rotatable bonds is 10. The third-order valence-corrected chi connectivity index (χ3v) is 5.35. The van der Waals surface area contributed by atoms with Crippen LogP contribution >= 0.6 is 0 Å². The van der Waals surface area contributed by atoms with Crippen molar-refractivity contribution in [2.45, 2.75) is 25.2 Å². The van der Waals surface area contributed by atoms with Crippen LogP contribution in [0.4, 0.5) is 5.82 Å². The number of fused-ring (bicyclic) bond motifs is 1. The molecule has 0 radical (unpaired) electrons. The van der Waals surface area contributed by atoms with Crippen LogP contribution < -0.4 is 5.32 Å². The number of anilines is 1. The molecule has 0 saturated carbocycles. The summed E-state index contributed by atoms with van der Waals surface area (Å²) in [6.07, 6.45) is 9.78. The van der Waals surface area contributed by atoms with Gasteiger partial charge in [-0.15, -0.1) is 0 Å². The van der Waals surface area contributed by atoms with Gasteiger partial charge in [0.2, 0.25) is 5.71 Å². The minimum absolute atomic E-state index is 0.117. The number of aromatic nitrogens is 2. The van der Waals surface area contributed by atoms with Crippen molar-refractivity contribution >= 4 is 16.9 Å². The second-order valence-electron chi connectivity index (χ2n) is 7.43. The largest absolute Gasteiger partial charge is 0.497 e. The first-order chi connectivity index (χ1) is 15.8. The van der Waals surface area contributed by atoms with Crippen molar-refractivity contribution in [3.8, 4) is 17.4 Å². The van der Waals surface area contributed by atoms with Crippen LogP contribution in [-0.4, -0.2) is 36.8 Å². The lowest BCUT2D eigenvalue weighted by Crippen LogP contribution is -2.09. The van der Waals surface area contributed by atoms with Gasteiger partial charge in [0, 0.05) is 30.2 Å². The molecule has 1 unspecified atom stereocenters. The Labute approximate surface area is 187 Å². The van der Waals surface area contributed by atoms with Crippen molar-refractivity contribution in [3.63, 3.8) is 0 Å². The van der Waals surface area contributed by atoms with Crippen molar-refractivity contribution in [1.82, 2.24) is 9.97 Å². The van der Waals surface area contributed by atoms with Crippen LogP contribution in [0.2, 0.25) is 0 Å². The lowest BCUT2D eigenvalue weighted by atomic mass is 9.88. The number of nitriles is 1. The van der Waals surface area contributed by atoms with Gasteiger partial charge in [-0.05, 0) is 25.0 Å². The van der Waals surface area contributed by atoms with Crippen LogP contribution in [0.1, 0.15) is 30.7 Å². The Balaban J connectivity index is 1.64. The molecule has 1 aromatic carbocycles. The quantitative estimate of drug-likeness (QED) is 0.442. The molecule has 0 spiro atoms. The first-order valence-corrected chi connectivity index (χ1v) is 10.8. The predicted molar refractivity (Wildman–Crippen MR) is 123 cm³/mol. The fourth-order valence-corrected chi connectivity index (χ4v) is 3.81. The second-order valence-corrected chi connectivity index (χ2v) is 7.43. The molecule has 32 heavy (non-hydrogen) atoms. The highest BCUT2D eigenvalue weighted by molar-refractivity contribution is 5.94. The lowest BCUT2D eigenvalue weighted by molar-refractivity contribution is 0.139. The molecule has 2 heterocycles. The normalized spacial score (nSPS) is 15.4. The molecule has 0 fully saturated rings. The fraction of sp³-hybridized carbons (Fsp3) is 0.320. The molecule has 2 aromatic heterocycles. The van der Waals surface area contributed by atoms with Gasteiger partial charge in [0.1, 0.15) is 23.7 Å². The number of ether oxygens (including phenoxy) is 2. The third-order valence-electron chi connectivity index (χ3n) is 5.35. The Hall–Kier alpha value is -3.63. The highest BCUT2D eigenvalue weighted by Crippen LogP contribution is 2.43. The van der Waals surface area contributed by atoms with Crippen LogP contribution in [0.3, 0.4) is 0 Å². The Morgan fingerprint density at radius 1 is 1.22 bits per heavy atom. The van der Waals surface area contributed by atoms with Gasteiger partial charge in [-0.1, -0.05) is 36.4 Å². The third kappa shape index (κ3) is 4.82. The minimum Gasteiger partial charge on any atom is -0.497 e. The molecule has 1 N–H and O–H groups in total. The van der Waals surface area contributed by atoms with E-state index in [9.17, 15) is 0 Å². The number of nitrogens with zero attached hydrogens (tertiary/aromatic N) is 3. The predicted octanol–water partition coefficient (Wildman–Crippen LogP) is 5.20. The summed E-state index contributed by atoms with van der Waals surface area (Å²) in [6, 6.07) is 12.2. The summed E-state index contributed by atoms with van der Waals surface area (Å²) in [5.41, 5.74) is 2.64. The van der Waals surface area contributed by atoms with Gasteiger partial charge in [0.15, 0.2) is 0 Å². The van der Waals surface area contributed by atoms with Crippen molar-refractivity contribution in [1.29, 1.82) is 5.26 Å². The standard InChI is InChI=1S/C25H26N4O3/c1-30-20-11-9-18(10-12-20)21-22-24(27-14-6-16-31-15-5-13-26)28-17-29-25(22)32-23(21)19-7-3-2-4-8-19/h2-4,7-9,11-12,17-18H,5-6,10,14-16H2,1H3,(H,27,28,29). The molecular weight excluding hydrogens is 404 g/mol. The van der Waals surface area contributed by atoms with Crippen LogP contribution in [0.15, 0.2) is 65.1 Å². The van der Waals surface area contributed by atoms with Gasteiger partial charge >= 0.3 is 0 Å². The van der Waals surface area contributed by atoms with Gasteiger partial charge in [0.05, 0.1) is 31.6 Å². The number of hydrogen-bond acceptors (Lipinski definition) is 7. The van der Waals surface area contributed by atoms with E-state index in [0.29, 0.717) is 31.9 Å². The van der Waals surface area contributed by atoms with Crippen LogP contribution in [-0.2, 0) is 9.47 Å². The van der Waals surface area contributed by atoms with Crippen LogP contribution in [0.25, 0.3) is 22.4 Å². The molecule has 3 aromatic rings. The molecule has 4 rings (SSSR count). The molecule has 1 aliphatic rings. The number of allylic oxidation sites excluding steroid dienone is 3. The van der Waals surface area contributed by atoms with E-state index in [1.54, 1.807) is 7.11 Å². The average Bonchev–Trinajstić information content (AvgIpc) is 3.24. The van der Waals surface area contributed by atoms with Gasteiger partial charge in [-0.2, -0.15) is 5.26 Å². The maximum atomic E-state index is 8.58. The summed E-state index contributed by atoms with van der Waals surface area (Å²) in [6.45, 7) is 1.75. The zero-order chi connectivity index (χ0) is 22.2. The fourth-order valence-electron chi connectivity index (χ4n) is 3.81. The lowest BCUT2D eigenvalue weighted by Gasteiger charge is -2.17.